The Hall–Kier alpha value is -4.26. The predicted octanol–water partition coefficient (Wildman–Crippen LogP) is 6.02. The Bertz CT molecular complexity index is 1790. The van der Waals surface area contributed by atoms with Crippen molar-refractivity contribution in [2.45, 2.75) is 50.0 Å². The Morgan fingerprint density at radius 1 is 1.10 bits per heavy atom. The van der Waals surface area contributed by atoms with Crippen LogP contribution in [0.15, 0.2) is 87.2 Å². The SMILES string of the molecule is CCC(Cc1ccccc1)c1oc(=O)c(-c2ccccc2CC2CC2)c(O)c1C#[N+]c1cccnc1S(=O)(=O)NC. The molecule has 1 aliphatic carbocycles. The molecule has 2 N–H and O–H groups in total. The van der Waals surface area contributed by atoms with Gasteiger partial charge in [0.05, 0.1) is 0 Å². The molecular weight excluding hydrogens is 538 g/mol. The number of aromatic nitrogens is 1. The van der Waals surface area contributed by atoms with E-state index < -0.39 is 15.6 Å². The van der Waals surface area contributed by atoms with Gasteiger partial charge in [0.1, 0.15) is 11.3 Å². The lowest BCUT2D eigenvalue weighted by Gasteiger charge is -2.17. The van der Waals surface area contributed by atoms with Crippen LogP contribution in [-0.4, -0.2) is 25.6 Å². The molecule has 1 unspecified atom stereocenters. The summed E-state index contributed by atoms with van der Waals surface area (Å²) in [4.78, 5) is 21.9. The highest BCUT2D eigenvalue weighted by Crippen LogP contribution is 2.40. The van der Waals surface area contributed by atoms with Gasteiger partial charge in [-0.25, -0.2) is 22.9 Å². The van der Waals surface area contributed by atoms with Crippen LogP contribution < -0.4 is 10.3 Å². The smallest absolute Gasteiger partial charge is 0.379 e. The number of aromatic hydroxyl groups is 1. The van der Waals surface area contributed by atoms with E-state index in [1.165, 1.54) is 19.3 Å². The van der Waals surface area contributed by atoms with Crippen LogP contribution >= 0.6 is 0 Å². The molecule has 8 nitrogen and oxygen atoms in total. The highest BCUT2D eigenvalue weighted by atomic mass is 32.2. The molecule has 0 bridgehead atoms. The van der Waals surface area contributed by atoms with E-state index in [2.05, 4.69) is 20.6 Å². The first-order chi connectivity index (χ1) is 19.8. The third kappa shape index (κ3) is 6.24. The Kier molecular flexibility index (Phi) is 8.34. The molecule has 210 valence electrons. The summed E-state index contributed by atoms with van der Waals surface area (Å²) < 4.78 is 33.4. The zero-order valence-corrected chi connectivity index (χ0v) is 23.8. The van der Waals surface area contributed by atoms with Gasteiger partial charge in [-0.15, -0.1) is 0 Å². The van der Waals surface area contributed by atoms with Crippen molar-refractivity contribution in [2.24, 2.45) is 5.92 Å². The lowest BCUT2D eigenvalue weighted by molar-refractivity contribution is 0.394. The minimum Gasteiger partial charge on any atom is -0.505 e. The second-order valence-corrected chi connectivity index (χ2v) is 12.0. The van der Waals surface area contributed by atoms with Crippen molar-refractivity contribution >= 4 is 15.7 Å². The van der Waals surface area contributed by atoms with E-state index in [9.17, 15) is 18.3 Å². The molecule has 0 saturated heterocycles. The molecule has 0 spiro atoms. The summed E-state index contributed by atoms with van der Waals surface area (Å²) in [6.45, 7) is 1.98. The first kappa shape index (κ1) is 28.3. The van der Waals surface area contributed by atoms with Crippen molar-refractivity contribution in [1.29, 1.82) is 0 Å². The summed E-state index contributed by atoms with van der Waals surface area (Å²) in [5.74, 6) is 0.231. The Labute approximate surface area is 239 Å². The monoisotopic (exact) mass is 570 g/mol. The van der Waals surface area contributed by atoms with E-state index in [0.717, 1.165) is 30.4 Å². The standard InChI is InChI=1S/C32H31N3O5S/c1-3-23(18-21-10-5-4-6-11-21)30-26(20-35-27-14-9-17-34-31(27)41(38,39)33-2)29(36)28(32(37)40-30)25-13-8-7-12-24(25)19-22-15-16-22/h4-14,17,22-23,33H,3,15-16,18-19H2,1-2H3/p+1. The maximum absolute atomic E-state index is 13.6. The zero-order valence-electron chi connectivity index (χ0n) is 23.0. The lowest BCUT2D eigenvalue weighted by atomic mass is 9.90. The molecule has 0 amide bonds. The highest BCUT2D eigenvalue weighted by Gasteiger charge is 2.31. The molecule has 4 aromatic rings. The number of rotatable bonds is 9. The minimum atomic E-state index is -3.92. The molecule has 1 aliphatic rings. The van der Waals surface area contributed by atoms with E-state index >= 15 is 0 Å². The molecule has 0 radical (unpaired) electrons. The minimum absolute atomic E-state index is 0.0326. The molecule has 2 heterocycles. The molecule has 1 saturated carbocycles. The van der Waals surface area contributed by atoms with Crippen LogP contribution in [0.2, 0.25) is 0 Å². The molecule has 2 aromatic carbocycles. The molecular formula is C32H32N3O5S+. The summed E-state index contributed by atoms with van der Waals surface area (Å²) >= 11 is 0. The first-order valence-electron chi connectivity index (χ1n) is 13.7. The number of benzene rings is 2. The van der Waals surface area contributed by atoms with Gasteiger partial charge in [0.2, 0.25) is 0 Å². The number of nitrogens with zero attached hydrogens (tertiary/aromatic N) is 2. The summed E-state index contributed by atoms with van der Waals surface area (Å²) in [6, 6.07) is 23.2. The molecule has 0 aliphatic heterocycles. The van der Waals surface area contributed by atoms with Crippen LogP contribution in [0.3, 0.4) is 0 Å². The topological polar surface area (TPSA) is 114 Å². The molecule has 1 atom stereocenters. The molecule has 41 heavy (non-hydrogen) atoms. The van der Waals surface area contributed by atoms with E-state index in [1.807, 2.05) is 61.5 Å². The van der Waals surface area contributed by atoms with Gasteiger partial charge in [0.25, 0.3) is 15.0 Å². The van der Waals surface area contributed by atoms with Gasteiger partial charge in [0.15, 0.2) is 11.3 Å². The van der Waals surface area contributed by atoms with Crippen molar-refractivity contribution in [2.75, 3.05) is 7.05 Å². The zero-order chi connectivity index (χ0) is 29.0. The molecule has 9 heteroatoms. The largest absolute Gasteiger partial charge is 0.505 e. The van der Waals surface area contributed by atoms with E-state index in [-0.39, 0.29) is 39.3 Å². The second-order valence-electron chi connectivity index (χ2n) is 10.2. The summed E-state index contributed by atoms with van der Waals surface area (Å²) in [7, 11) is -2.63. The summed E-state index contributed by atoms with van der Waals surface area (Å²) in [5.41, 5.74) is 2.16. The van der Waals surface area contributed by atoms with Crippen LogP contribution in [0.1, 0.15) is 54.6 Å². The van der Waals surface area contributed by atoms with Crippen molar-refractivity contribution in [1.82, 2.24) is 9.71 Å². The third-order valence-corrected chi connectivity index (χ3v) is 8.73. The van der Waals surface area contributed by atoms with Crippen LogP contribution in [0.25, 0.3) is 16.0 Å². The van der Waals surface area contributed by atoms with Crippen molar-refractivity contribution in [3.05, 3.63) is 111 Å². The van der Waals surface area contributed by atoms with Crippen molar-refractivity contribution < 1.29 is 17.9 Å². The number of hydrogen-bond donors (Lipinski definition) is 2. The Morgan fingerprint density at radius 2 is 1.83 bits per heavy atom. The Balaban J connectivity index is 1.71. The van der Waals surface area contributed by atoms with Gasteiger partial charge in [-0.3, -0.25) is 0 Å². The van der Waals surface area contributed by atoms with Crippen molar-refractivity contribution in [3.8, 4) is 22.9 Å². The fourth-order valence-corrected chi connectivity index (χ4v) is 5.74. The maximum Gasteiger partial charge on any atom is 0.379 e. The number of sulfonamides is 1. The fourth-order valence-electron chi connectivity index (χ4n) is 4.96. The van der Waals surface area contributed by atoms with Gasteiger partial charge in [-0.1, -0.05) is 61.5 Å². The first-order valence-corrected chi connectivity index (χ1v) is 15.2. The number of hydrogen-bond acceptors (Lipinski definition) is 6. The van der Waals surface area contributed by atoms with Gasteiger partial charge in [-0.05, 0) is 72.7 Å². The average Bonchev–Trinajstić information content (AvgIpc) is 3.81. The van der Waals surface area contributed by atoms with E-state index in [1.54, 1.807) is 6.07 Å². The second kappa shape index (κ2) is 12.1. The average molecular weight is 571 g/mol. The van der Waals surface area contributed by atoms with Crippen LogP contribution in [0.4, 0.5) is 5.69 Å². The Morgan fingerprint density at radius 3 is 2.54 bits per heavy atom. The van der Waals surface area contributed by atoms with Gasteiger partial charge in [-0.2, -0.15) is 0 Å². The molecule has 2 aromatic heterocycles. The summed E-state index contributed by atoms with van der Waals surface area (Å²) in [5, 5.41) is 11.4. The fraction of sp³-hybridized carbons (Fsp3) is 0.281. The summed E-state index contributed by atoms with van der Waals surface area (Å²) in [6.07, 6.45) is 5.60. The van der Waals surface area contributed by atoms with Gasteiger partial charge in [0, 0.05) is 18.2 Å². The highest BCUT2D eigenvalue weighted by molar-refractivity contribution is 7.89. The van der Waals surface area contributed by atoms with Gasteiger partial charge >= 0.3 is 17.4 Å². The number of nitrogens with one attached hydrogen (secondary N) is 1. The number of pyridine rings is 1. The van der Waals surface area contributed by atoms with Crippen molar-refractivity contribution in [3.63, 3.8) is 0 Å². The van der Waals surface area contributed by atoms with Crippen LogP contribution in [0, 0.1) is 12.0 Å². The molecule has 1 fully saturated rings. The van der Waals surface area contributed by atoms with Gasteiger partial charge < -0.3 is 9.52 Å². The maximum atomic E-state index is 13.6. The molecule has 5 rings (SSSR count). The third-order valence-electron chi connectivity index (χ3n) is 7.37. The lowest BCUT2D eigenvalue weighted by Crippen LogP contribution is -2.19. The van der Waals surface area contributed by atoms with Crippen LogP contribution in [-0.2, 0) is 22.9 Å². The quantitative estimate of drug-likeness (QED) is 0.255. The normalized spacial score (nSPS) is 13.8. The van der Waals surface area contributed by atoms with Crippen LogP contribution in [0.5, 0.6) is 5.75 Å². The van der Waals surface area contributed by atoms with E-state index in [4.69, 9.17) is 4.42 Å². The predicted molar refractivity (Wildman–Crippen MR) is 158 cm³/mol. The van der Waals surface area contributed by atoms with E-state index in [0.29, 0.717) is 24.3 Å².